The number of aryl methyl sites for hydroxylation is 1. The van der Waals surface area contributed by atoms with Gasteiger partial charge >= 0.3 is 0 Å². The predicted octanol–water partition coefficient (Wildman–Crippen LogP) is 4.56. The fourth-order valence-electron chi connectivity index (χ4n) is 7.56. The first-order valence-electron chi connectivity index (χ1n) is 18.3. The van der Waals surface area contributed by atoms with E-state index < -0.39 is 29.7 Å². The number of nitrogens with zero attached hydrogens (tertiary/aromatic N) is 7. The Balaban J connectivity index is 0.805. The van der Waals surface area contributed by atoms with E-state index in [-0.39, 0.29) is 24.0 Å². The highest BCUT2D eigenvalue weighted by atomic mass is 16.2. The fourth-order valence-corrected chi connectivity index (χ4v) is 7.56. The van der Waals surface area contributed by atoms with Gasteiger partial charge in [-0.1, -0.05) is 12.1 Å². The SMILES string of the molecule is N#CCCn1cc(-c2nc(Nc3ccc(C4CCN(CCCNc5ccc6c(c5)C(=O)N(C5CCC(=O)NC5=O)C6=O)CC4)cc3)nc3[nH]ccc23)cn1. The summed E-state index contributed by atoms with van der Waals surface area (Å²) in [5.41, 5.74) is 5.86. The third-order valence-electron chi connectivity index (χ3n) is 10.4. The van der Waals surface area contributed by atoms with Gasteiger partial charge in [0.25, 0.3) is 11.8 Å². The number of nitriles is 1. The molecule has 4 amide bonds. The second-order valence-electron chi connectivity index (χ2n) is 13.9. The number of piperidine rings is 2. The Bertz CT molecular complexity index is 2280. The highest BCUT2D eigenvalue weighted by Gasteiger charge is 2.44. The smallest absolute Gasteiger partial charge is 0.262 e. The molecule has 15 heteroatoms. The maximum atomic E-state index is 13.1. The highest BCUT2D eigenvalue weighted by molar-refractivity contribution is 6.23. The molecule has 3 aliphatic heterocycles. The van der Waals surface area contributed by atoms with Crippen LogP contribution in [-0.4, -0.2) is 90.4 Å². The topological polar surface area (TPSA) is 194 Å². The van der Waals surface area contributed by atoms with Crippen LogP contribution in [0.1, 0.15) is 70.7 Å². The molecule has 3 aromatic heterocycles. The molecule has 0 radical (unpaired) electrons. The largest absolute Gasteiger partial charge is 0.385 e. The van der Waals surface area contributed by atoms with Crippen LogP contribution >= 0.6 is 0 Å². The van der Waals surface area contributed by atoms with E-state index in [2.05, 4.69) is 66.3 Å². The Morgan fingerprint density at radius 2 is 1.70 bits per heavy atom. The molecular formula is C39H39N11O4. The number of benzene rings is 2. The maximum absolute atomic E-state index is 13.1. The molecule has 274 valence electrons. The first-order chi connectivity index (χ1) is 26.3. The van der Waals surface area contributed by atoms with Gasteiger partial charge in [0.05, 0.1) is 42.1 Å². The van der Waals surface area contributed by atoms with Crippen LogP contribution in [-0.2, 0) is 16.1 Å². The van der Waals surface area contributed by atoms with E-state index in [9.17, 15) is 19.2 Å². The number of aromatic nitrogens is 5. The Hall–Kier alpha value is -6.40. The second kappa shape index (κ2) is 14.9. The van der Waals surface area contributed by atoms with E-state index in [1.807, 2.05) is 18.5 Å². The number of carbonyl (C=O) groups excluding carboxylic acids is 4. The van der Waals surface area contributed by atoms with Gasteiger partial charge in [0, 0.05) is 47.7 Å². The number of fused-ring (bicyclic) bond motifs is 2. The number of aromatic amines is 1. The average molecular weight is 726 g/mol. The molecule has 2 fully saturated rings. The first kappa shape index (κ1) is 34.7. The first-order valence-corrected chi connectivity index (χ1v) is 18.3. The molecule has 3 aliphatic rings. The molecular weight excluding hydrogens is 687 g/mol. The molecule has 1 atom stereocenters. The quantitative estimate of drug-likeness (QED) is 0.104. The second-order valence-corrected chi connectivity index (χ2v) is 13.9. The van der Waals surface area contributed by atoms with Gasteiger partial charge in [-0.2, -0.15) is 15.3 Å². The molecule has 5 aromatic rings. The van der Waals surface area contributed by atoms with Crippen molar-refractivity contribution in [3.8, 4) is 17.3 Å². The molecule has 2 saturated heterocycles. The number of H-pyrrole nitrogens is 1. The number of likely N-dealkylation sites (tertiary alicyclic amines) is 1. The van der Waals surface area contributed by atoms with Crippen molar-refractivity contribution in [3.05, 3.63) is 83.8 Å². The normalized spacial score (nSPS) is 17.8. The standard InChI is InChI=1S/C39H39N11O4/c40-14-1-18-49-23-26(22-43-49)34-30-11-16-42-35(30)47-39(46-34)44-27-5-3-24(4-6-27)25-12-19-48(20-13-25)17-2-15-41-28-7-8-29-31(21-28)38(54)50(37(29)53)32-9-10-33(51)45-36(32)52/h3-8,11,16,21-23,25,32,41H,1-2,9-10,12-13,15,17-20H2,(H,45,51,52)(H2,42,44,46,47). The summed E-state index contributed by atoms with van der Waals surface area (Å²) < 4.78 is 1.75. The van der Waals surface area contributed by atoms with Gasteiger partial charge in [0.1, 0.15) is 11.7 Å². The number of hydrogen-bond acceptors (Lipinski definition) is 11. The zero-order chi connectivity index (χ0) is 37.2. The van der Waals surface area contributed by atoms with Crippen LogP contribution in [0.15, 0.2) is 67.1 Å². The van der Waals surface area contributed by atoms with E-state index in [0.717, 1.165) is 77.5 Å². The minimum atomic E-state index is -0.973. The molecule has 2 aromatic carbocycles. The van der Waals surface area contributed by atoms with Gasteiger partial charge < -0.3 is 20.5 Å². The monoisotopic (exact) mass is 725 g/mol. The molecule has 0 spiro atoms. The molecule has 0 bridgehead atoms. The Labute approximate surface area is 310 Å². The predicted molar refractivity (Wildman–Crippen MR) is 200 cm³/mol. The lowest BCUT2D eigenvalue weighted by Crippen LogP contribution is -2.54. The highest BCUT2D eigenvalue weighted by Crippen LogP contribution is 2.32. The van der Waals surface area contributed by atoms with Crippen molar-refractivity contribution < 1.29 is 19.2 Å². The van der Waals surface area contributed by atoms with E-state index in [4.69, 9.17) is 10.2 Å². The summed E-state index contributed by atoms with van der Waals surface area (Å²) in [6.45, 7) is 4.20. The van der Waals surface area contributed by atoms with Crippen molar-refractivity contribution in [2.45, 2.75) is 57.0 Å². The van der Waals surface area contributed by atoms with Crippen molar-refractivity contribution in [1.29, 1.82) is 5.26 Å². The lowest BCUT2D eigenvalue weighted by molar-refractivity contribution is -0.136. The third kappa shape index (κ3) is 7.03. The van der Waals surface area contributed by atoms with Crippen LogP contribution in [0.2, 0.25) is 0 Å². The molecule has 0 aliphatic carbocycles. The summed E-state index contributed by atoms with van der Waals surface area (Å²) in [5, 5.41) is 23.2. The molecule has 0 saturated carbocycles. The number of amides is 4. The number of carbonyl (C=O) groups is 4. The van der Waals surface area contributed by atoms with Crippen molar-refractivity contribution in [2.24, 2.45) is 0 Å². The van der Waals surface area contributed by atoms with Crippen LogP contribution in [0.4, 0.5) is 17.3 Å². The summed E-state index contributed by atoms with van der Waals surface area (Å²) >= 11 is 0. The Kier molecular flexibility index (Phi) is 9.58. The summed E-state index contributed by atoms with van der Waals surface area (Å²) in [5.74, 6) is -1.05. The van der Waals surface area contributed by atoms with E-state index in [1.54, 1.807) is 29.1 Å². The van der Waals surface area contributed by atoms with Gasteiger partial charge in [-0.25, -0.2) is 4.98 Å². The van der Waals surface area contributed by atoms with E-state index in [0.29, 0.717) is 31.4 Å². The minimum Gasteiger partial charge on any atom is -0.385 e. The molecule has 6 heterocycles. The van der Waals surface area contributed by atoms with Gasteiger partial charge in [-0.15, -0.1) is 0 Å². The van der Waals surface area contributed by atoms with Crippen molar-refractivity contribution in [1.82, 2.24) is 39.8 Å². The van der Waals surface area contributed by atoms with E-state index >= 15 is 0 Å². The lowest BCUT2D eigenvalue weighted by atomic mass is 9.89. The summed E-state index contributed by atoms with van der Waals surface area (Å²) in [4.78, 5) is 66.2. The molecule has 54 heavy (non-hydrogen) atoms. The van der Waals surface area contributed by atoms with E-state index in [1.165, 1.54) is 5.56 Å². The Morgan fingerprint density at radius 3 is 2.50 bits per heavy atom. The van der Waals surface area contributed by atoms with Crippen LogP contribution in [0.3, 0.4) is 0 Å². The van der Waals surface area contributed by atoms with Gasteiger partial charge in [-0.3, -0.25) is 34.1 Å². The molecule has 4 N–H and O–H groups in total. The zero-order valence-electron chi connectivity index (χ0n) is 29.5. The van der Waals surface area contributed by atoms with Crippen LogP contribution in [0.25, 0.3) is 22.3 Å². The van der Waals surface area contributed by atoms with Crippen molar-refractivity contribution in [2.75, 3.05) is 36.8 Å². The number of nitrogens with one attached hydrogen (secondary N) is 4. The van der Waals surface area contributed by atoms with Crippen molar-refractivity contribution >= 4 is 52.0 Å². The summed E-state index contributed by atoms with van der Waals surface area (Å²) in [6, 6.07) is 16.7. The van der Waals surface area contributed by atoms with Gasteiger partial charge in [0.15, 0.2) is 0 Å². The van der Waals surface area contributed by atoms with Crippen LogP contribution in [0.5, 0.6) is 0 Å². The van der Waals surface area contributed by atoms with Gasteiger partial charge in [0.2, 0.25) is 17.8 Å². The molecule has 8 rings (SSSR count). The number of hydrogen-bond donors (Lipinski definition) is 4. The van der Waals surface area contributed by atoms with Crippen LogP contribution < -0.4 is 16.0 Å². The zero-order valence-corrected chi connectivity index (χ0v) is 29.5. The summed E-state index contributed by atoms with van der Waals surface area (Å²) in [6.07, 6.45) is 9.18. The fraction of sp³-hybridized carbons (Fsp3) is 0.333. The maximum Gasteiger partial charge on any atom is 0.262 e. The third-order valence-corrected chi connectivity index (χ3v) is 10.4. The number of rotatable bonds is 12. The van der Waals surface area contributed by atoms with Crippen molar-refractivity contribution in [3.63, 3.8) is 0 Å². The lowest BCUT2D eigenvalue weighted by Gasteiger charge is -2.32. The minimum absolute atomic E-state index is 0.0900. The number of anilines is 3. The molecule has 15 nitrogen and oxygen atoms in total. The van der Waals surface area contributed by atoms with Gasteiger partial charge in [-0.05, 0) is 93.2 Å². The number of imide groups is 2. The van der Waals surface area contributed by atoms with Crippen LogP contribution in [0, 0.1) is 11.3 Å². The average Bonchev–Trinajstić information content (AvgIpc) is 3.92. The Morgan fingerprint density at radius 1 is 0.907 bits per heavy atom. The summed E-state index contributed by atoms with van der Waals surface area (Å²) in [7, 11) is 0. The molecule has 1 unspecified atom stereocenters.